The third-order valence-electron chi connectivity index (χ3n) is 1.23. The summed E-state index contributed by atoms with van der Waals surface area (Å²) in [7, 11) is 3.16. The zero-order valence-corrected chi connectivity index (χ0v) is 8.34. The standard InChI is InChI=1S/C6H12INO2/c1-8-5(3-4-7)6(9)10-2/h5,8H,3-4H2,1-2H3/t5-/m0/s1. The van der Waals surface area contributed by atoms with Gasteiger partial charge in [-0.1, -0.05) is 22.6 Å². The van der Waals surface area contributed by atoms with Gasteiger partial charge >= 0.3 is 5.97 Å². The zero-order chi connectivity index (χ0) is 7.98. The van der Waals surface area contributed by atoms with Crippen LogP contribution in [0.25, 0.3) is 0 Å². The lowest BCUT2D eigenvalue weighted by Crippen LogP contribution is -2.35. The Balaban J connectivity index is 3.68. The Morgan fingerprint density at radius 3 is 2.70 bits per heavy atom. The van der Waals surface area contributed by atoms with Gasteiger partial charge in [0.15, 0.2) is 0 Å². The Morgan fingerprint density at radius 2 is 2.40 bits per heavy atom. The molecule has 3 nitrogen and oxygen atoms in total. The minimum Gasteiger partial charge on any atom is -0.468 e. The summed E-state index contributed by atoms with van der Waals surface area (Å²) >= 11 is 2.23. The van der Waals surface area contributed by atoms with E-state index in [0.29, 0.717) is 0 Å². The highest BCUT2D eigenvalue weighted by Gasteiger charge is 2.14. The summed E-state index contributed by atoms with van der Waals surface area (Å²) in [4.78, 5) is 10.8. The molecule has 10 heavy (non-hydrogen) atoms. The first kappa shape index (κ1) is 10.2. The number of alkyl halides is 1. The Morgan fingerprint density at radius 1 is 1.80 bits per heavy atom. The SMILES string of the molecule is CN[C@@H](CCI)C(=O)OC. The molecular weight excluding hydrogens is 245 g/mol. The maximum Gasteiger partial charge on any atom is 0.322 e. The number of esters is 1. The van der Waals surface area contributed by atoms with Gasteiger partial charge in [0.2, 0.25) is 0 Å². The zero-order valence-electron chi connectivity index (χ0n) is 6.19. The lowest BCUT2D eigenvalue weighted by Gasteiger charge is -2.10. The van der Waals surface area contributed by atoms with Gasteiger partial charge in [0.25, 0.3) is 0 Å². The molecule has 0 aliphatic carbocycles. The molecule has 0 aliphatic heterocycles. The molecule has 0 aromatic heterocycles. The lowest BCUT2D eigenvalue weighted by atomic mass is 10.2. The molecule has 0 rings (SSSR count). The predicted octanol–water partition coefficient (Wildman–Crippen LogP) is 0.573. The minimum atomic E-state index is -0.181. The molecule has 0 bridgehead atoms. The second-order valence-corrected chi connectivity index (χ2v) is 2.92. The summed E-state index contributed by atoms with van der Waals surface area (Å²) in [5.74, 6) is -0.181. The number of likely N-dealkylation sites (N-methyl/N-ethyl adjacent to an activating group) is 1. The van der Waals surface area contributed by atoms with Crippen LogP contribution in [0.3, 0.4) is 0 Å². The summed E-state index contributed by atoms with van der Waals surface area (Å²) in [5, 5.41) is 2.87. The van der Waals surface area contributed by atoms with E-state index in [1.54, 1.807) is 7.05 Å². The highest BCUT2D eigenvalue weighted by Crippen LogP contribution is 1.97. The van der Waals surface area contributed by atoms with Crippen LogP contribution in [-0.2, 0) is 9.53 Å². The van der Waals surface area contributed by atoms with E-state index < -0.39 is 0 Å². The molecule has 0 aromatic carbocycles. The fraction of sp³-hybridized carbons (Fsp3) is 0.833. The van der Waals surface area contributed by atoms with E-state index in [1.165, 1.54) is 7.11 Å². The summed E-state index contributed by atoms with van der Waals surface area (Å²) in [6.45, 7) is 0. The summed E-state index contributed by atoms with van der Waals surface area (Å²) < 4.78 is 5.51. The van der Waals surface area contributed by atoms with Gasteiger partial charge in [-0.15, -0.1) is 0 Å². The van der Waals surface area contributed by atoms with Crippen molar-refractivity contribution in [2.45, 2.75) is 12.5 Å². The Bertz CT molecular complexity index is 108. The van der Waals surface area contributed by atoms with Crippen LogP contribution in [0.15, 0.2) is 0 Å². The maximum absolute atomic E-state index is 10.8. The molecule has 0 fully saturated rings. The first-order chi connectivity index (χ1) is 4.76. The van der Waals surface area contributed by atoms with Crippen molar-refractivity contribution >= 4 is 28.6 Å². The molecule has 0 heterocycles. The van der Waals surface area contributed by atoms with Crippen molar-refractivity contribution in [1.29, 1.82) is 0 Å². The number of methoxy groups -OCH3 is 1. The highest BCUT2D eigenvalue weighted by molar-refractivity contribution is 14.1. The monoisotopic (exact) mass is 257 g/mol. The molecule has 4 heteroatoms. The van der Waals surface area contributed by atoms with Crippen molar-refractivity contribution in [3.05, 3.63) is 0 Å². The van der Waals surface area contributed by atoms with Gasteiger partial charge in [0, 0.05) is 4.43 Å². The quantitative estimate of drug-likeness (QED) is 0.454. The minimum absolute atomic E-state index is 0.137. The van der Waals surface area contributed by atoms with Crippen LogP contribution < -0.4 is 5.32 Å². The number of halogens is 1. The van der Waals surface area contributed by atoms with Crippen molar-refractivity contribution < 1.29 is 9.53 Å². The largest absolute Gasteiger partial charge is 0.468 e. The highest BCUT2D eigenvalue weighted by atomic mass is 127. The molecular formula is C6H12INO2. The molecule has 60 valence electrons. The fourth-order valence-electron chi connectivity index (χ4n) is 0.631. The summed E-state index contributed by atoms with van der Waals surface area (Å²) in [5.41, 5.74) is 0. The van der Waals surface area contributed by atoms with Crippen LogP contribution in [-0.4, -0.2) is 30.6 Å². The van der Waals surface area contributed by atoms with Crippen LogP contribution >= 0.6 is 22.6 Å². The van der Waals surface area contributed by atoms with E-state index >= 15 is 0 Å². The van der Waals surface area contributed by atoms with Gasteiger partial charge < -0.3 is 10.1 Å². The van der Waals surface area contributed by atoms with Crippen molar-refractivity contribution in [2.75, 3.05) is 18.6 Å². The van der Waals surface area contributed by atoms with E-state index in [2.05, 4.69) is 32.6 Å². The van der Waals surface area contributed by atoms with Crippen LogP contribution in [0.5, 0.6) is 0 Å². The molecule has 0 aromatic rings. The van der Waals surface area contributed by atoms with Gasteiger partial charge in [-0.2, -0.15) is 0 Å². The van der Waals surface area contributed by atoms with E-state index in [1.807, 2.05) is 0 Å². The van der Waals surface area contributed by atoms with E-state index in [0.717, 1.165) is 10.8 Å². The number of hydrogen-bond acceptors (Lipinski definition) is 3. The summed E-state index contributed by atoms with van der Waals surface area (Å²) in [6, 6.07) is -0.137. The first-order valence-corrected chi connectivity index (χ1v) is 4.59. The van der Waals surface area contributed by atoms with Crippen molar-refractivity contribution in [3.63, 3.8) is 0 Å². The second-order valence-electron chi connectivity index (χ2n) is 1.84. The molecule has 1 N–H and O–H groups in total. The van der Waals surface area contributed by atoms with E-state index in [9.17, 15) is 4.79 Å². The molecule has 0 unspecified atom stereocenters. The maximum atomic E-state index is 10.8. The average Bonchev–Trinajstić information content (AvgIpc) is 1.99. The van der Waals surface area contributed by atoms with Crippen LogP contribution in [0.1, 0.15) is 6.42 Å². The summed E-state index contributed by atoms with van der Waals surface area (Å²) in [6.07, 6.45) is 0.823. The van der Waals surface area contributed by atoms with E-state index in [4.69, 9.17) is 0 Å². The van der Waals surface area contributed by atoms with Gasteiger partial charge in [-0.3, -0.25) is 4.79 Å². The first-order valence-electron chi connectivity index (χ1n) is 3.07. The normalized spacial score (nSPS) is 12.7. The molecule has 0 saturated heterocycles. The van der Waals surface area contributed by atoms with Crippen molar-refractivity contribution in [2.24, 2.45) is 0 Å². The molecule has 0 amide bonds. The number of ether oxygens (including phenoxy) is 1. The predicted molar refractivity (Wildman–Crippen MR) is 48.4 cm³/mol. The number of carbonyl (C=O) groups excluding carboxylic acids is 1. The number of rotatable bonds is 4. The van der Waals surface area contributed by atoms with E-state index in [-0.39, 0.29) is 12.0 Å². The molecule has 0 saturated carbocycles. The number of nitrogens with one attached hydrogen (secondary N) is 1. The number of hydrogen-bond donors (Lipinski definition) is 1. The second kappa shape index (κ2) is 5.91. The number of carbonyl (C=O) groups is 1. The lowest BCUT2D eigenvalue weighted by molar-refractivity contribution is -0.142. The van der Waals surface area contributed by atoms with Crippen molar-refractivity contribution in [1.82, 2.24) is 5.32 Å². The van der Waals surface area contributed by atoms with Gasteiger partial charge in [0.1, 0.15) is 6.04 Å². The van der Waals surface area contributed by atoms with Crippen LogP contribution in [0, 0.1) is 0 Å². The van der Waals surface area contributed by atoms with Gasteiger partial charge in [-0.25, -0.2) is 0 Å². The van der Waals surface area contributed by atoms with Gasteiger partial charge in [-0.05, 0) is 13.5 Å². The third-order valence-corrected chi connectivity index (χ3v) is 1.85. The third kappa shape index (κ3) is 3.36. The smallest absolute Gasteiger partial charge is 0.322 e. The molecule has 1 atom stereocenters. The Labute approximate surface area is 74.7 Å². The van der Waals surface area contributed by atoms with Gasteiger partial charge in [0.05, 0.1) is 7.11 Å². The molecule has 0 radical (unpaired) electrons. The Kier molecular flexibility index (Phi) is 6.00. The van der Waals surface area contributed by atoms with Crippen LogP contribution in [0.4, 0.5) is 0 Å². The fourth-order valence-corrected chi connectivity index (χ4v) is 1.25. The average molecular weight is 257 g/mol. The van der Waals surface area contributed by atoms with Crippen molar-refractivity contribution in [3.8, 4) is 0 Å². The topological polar surface area (TPSA) is 38.3 Å². The Hall–Kier alpha value is 0.160. The molecule has 0 spiro atoms. The van der Waals surface area contributed by atoms with Crippen LogP contribution in [0.2, 0.25) is 0 Å². The molecule has 0 aliphatic rings.